The van der Waals surface area contributed by atoms with Crippen molar-refractivity contribution in [3.63, 3.8) is 0 Å². The molecule has 0 aliphatic carbocycles. The van der Waals surface area contributed by atoms with Gasteiger partial charge in [-0.05, 0) is 48.0 Å². The van der Waals surface area contributed by atoms with Crippen LogP contribution in [0, 0.1) is 11.8 Å². The molecule has 0 spiro atoms. The average Bonchev–Trinajstić information content (AvgIpc) is 2.52. The smallest absolute Gasteiger partial charge is 0.424 e. The van der Waals surface area contributed by atoms with E-state index in [1.807, 2.05) is 0 Å². The summed E-state index contributed by atoms with van der Waals surface area (Å²) in [6.07, 6.45) is -3.48. The van der Waals surface area contributed by atoms with Gasteiger partial charge < -0.3 is 4.74 Å². The third-order valence-corrected chi connectivity index (χ3v) is 3.45. The fraction of sp³-hybridized carbons (Fsp3) is 0.111. The minimum atomic E-state index is -4.51. The van der Waals surface area contributed by atoms with E-state index in [1.54, 1.807) is 48.5 Å². The highest BCUT2D eigenvalue weighted by Gasteiger charge is 2.32. The van der Waals surface area contributed by atoms with E-state index in [1.165, 1.54) is 7.11 Å². The first-order valence-electron chi connectivity index (χ1n) is 6.59. The molecule has 0 saturated heterocycles. The van der Waals surface area contributed by atoms with Gasteiger partial charge in [0.25, 0.3) is 0 Å². The van der Waals surface area contributed by atoms with Gasteiger partial charge in [-0.2, -0.15) is 13.2 Å². The summed E-state index contributed by atoms with van der Waals surface area (Å²) in [7, 11) is 1.52. The fourth-order valence-corrected chi connectivity index (χ4v) is 1.99. The Morgan fingerprint density at radius 3 is 2.17 bits per heavy atom. The Bertz CT molecular complexity index is 748. The van der Waals surface area contributed by atoms with Crippen molar-refractivity contribution in [1.29, 1.82) is 0 Å². The topological polar surface area (TPSA) is 9.23 Å². The van der Waals surface area contributed by atoms with Crippen LogP contribution in [0.15, 0.2) is 58.6 Å². The maximum atomic E-state index is 13.1. The van der Waals surface area contributed by atoms with Gasteiger partial charge in [-0.15, -0.1) is 0 Å². The molecule has 2 aromatic carbocycles. The Balaban J connectivity index is 2.33. The number of halogens is 4. The molecule has 118 valence electrons. The van der Waals surface area contributed by atoms with Crippen LogP contribution in [0.25, 0.3) is 6.08 Å². The number of hydrogen-bond acceptors (Lipinski definition) is 1. The maximum absolute atomic E-state index is 13.1. The summed E-state index contributed by atoms with van der Waals surface area (Å²) in [5.74, 6) is 5.36. The SMILES string of the molecule is COc1ccc(C#CC(=Cc2ccc(Br)cc2)C(F)(F)F)cc1. The molecule has 5 heteroatoms. The average molecular weight is 381 g/mol. The maximum Gasteiger partial charge on any atom is 0.424 e. The van der Waals surface area contributed by atoms with Crippen LogP contribution in [-0.4, -0.2) is 13.3 Å². The van der Waals surface area contributed by atoms with Gasteiger partial charge in [0.2, 0.25) is 0 Å². The quantitative estimate of drug-likeness (QED) is 0.629. The van der Waals surface area contributed by atoms with Gasteiger partial charge in [0.05, 0.1) is 7.11 Å². The number of hydrogen-bond donors (Lipinski definition) is 0. The Morgan fingerprint density at radius 1 is 1.04 bits per heavy atom. The van der Waals surface area contributed by atoms with Crippen molar-refractivity contribution in [2.24, 2.45) is 0 Å². The normalized spacial score (nSPS) is 11.6. The second-order valence-electron chi connectivity index (χ2n) is 4.59. The van der Waals surface area contributed by atoms with Crippen LogP contribution >= 0.6 is 15.9 Å². The zero-order valence-corrected chi connectivity index (χ0v) is 13.7. The number of allylic oxidation sites excluding steroid dienone is 1. The summed E-state index contributed by atoms with van der Waals surface area (Å²) in [4.78, 5) is 0. The summed E-state index contributed by atoms with van der Waals surface area (Å²) in [6.45, 7) is 0. The molecule has 0 saturated carbocycles. The fourth-order valence-electron chi connectivity index (χ4n) is 1.73. The lowest BCUT2D eigenvalue weighted by molar-refractivity contribution is -0.0863. The molecule has 0 amide bonds. The van der Waals surface area contributed by atoms with Gasteiger partial charge in [-0.3, -0.25) is 0 Å². The van der Waals surface area contributed by atoms with E-state index in [0.717, 1.165) is 10.5 Å². The molecule has 0 heterocycles. The molecular formula is C18H12BrF3O. The number of alkyl halides is 3. The minimum absolute atomic E-state index is 0.435. The Kier molecular flexibility index (Phi) is 5.51. The van der Waals surface area contributed by atoms with Crippen molar-refractivity contribution in [3.8, 4) is 17.6 Å². The van der Waals surface area contributed by atoms with Crippen LogP contribution < -0.4 is 4.74 Å². The van der Waals surface area contributed by atoms with E-state index in [-0.39, 0.29) is 0 Å². The van der Waals surface area contributed by atoms with Gasteiger partial charge in [0.15, 0.2) is 0 Å². The minimum Gasteiger partial charge on any atom is -0.497 e. The molecule has 1 nitrogen and oxygen atoms in total. The highest BCUT2D eigenvalue weighted by Crippen LogP contribution is 2.27. The molecule has 0 aromatic heterocycles. The van der Waals surface area contributed by atoms with Crippen LogP contribution in [0.4, 0.5) is 13.2 Å². The summed E-state index contributed by atoms with van der Waals surface area (Å²) < 4.78 is 45.1. The molecule has 2 rings (SSSR count). The standard InChI is InChI=1S/C18H12BrF3O/c1-23-17-10-5-13(6-11-17)2-7-15(18(20,21)22)12-14-3-8-16(19)9-4-14/h3-6,8-12H,1H3. The lowest BCUT2D eigenvalue weighted by Crippen LogP contribution is -2.10. The van der Waals surface area contributed by atoms with Crippen LogP contribution in [0.3, 0.4) is 0 Å². The zero-order chi connectivity index (χ0) is 16.9. The molecule has 23 heavy (non-hydrogen) atoms. The Hall–Kier alpha value is -2.19. The molecular weight excluding hydrogens is 369 g/mol. The monoisotopic (exact) mass is 380 g/mol. The number of rotatable bonds is 2. The third kappa shape index (κ3) is 5.19. The van der Waals surface area contributed by atoms with Crippen LogP contribution in [0.1, 0.15) is 11.1 Å². The summed E-state index contributed by atoms with van der Waals surface area (Å²) in [5, 5.41) is 0. The molecule has 0 aliphatic heterocycles. The van der Waals surface area contributed by atoms with Crippen LogP contribution in [-0.2, 0) is 0 Å². The predicted octanol–water partition coefficient (Wildman–Crippen LogP) is 5.46. The van der Waals surface area contributed by atoms with Crippen molar-refractivity contribution >= 4 is 22.0 Å². The van der Waals surface area contributed by atoms with Gasteiger partial charge in [-0.25, -0.2) is 0 Å². The summed E-state index contributed by atoms with van der Waals surface area (Å²) in [5.41, 5.74) is 0.0250. The highest BCUT2D eigenvalue weighted by atomic mass is 79.9. The highest BCUT2D eigenvalue weighted by molar-refractivity contribution is 9.10. The van der Waals surface area contributed by atoms with E-state index < -0.39 is 11.7 Å². The van der Waals surface area contributed by atoms with Crippen LogP contribution in [0.2, 0.25) is 0 Å². The van der Waals surface area contributed by atoms with E-state index in [2.05, 4.69) is 27.8 Å². The first-order valence-corrected chi connectivity index (χ1v) is 7.38. The molecule has 0 radical (unpaired) electrons. The molecule has 0 N–H and O–H groups in total. The molecule has 2 aromatic rings. The van der Waals surface area contributed by atoms with E-state index in [0.29, 0.717) is 16.9 Å². The number of benzene rings is 2. The van der Waals surface area contributed by atoms with Crippen molar-refractivity contribution in [1.82, 2.24) is 0 Å². The van der Waals surface area contributed by atoms with Gasteiger partial charge in [0, 0.05) is 10.0 Å². The van der Waals surface area contributed by atoms with E-state index in [4.69, 9.17) is 4.74 Å². The van der Waals surface area contributed by atoms with Crippen molar-refractivity contribution < 1.29 is 17.9 Å². The Labute approximate surface area is 140 Å². The number of methoxy groups -OCH3 is 1. The van der Waals surface area contributed by atoms with Gasteiger partial charge >= 0.3 is 6.18 Å². The lowest BCUT2D eigenvalue weighted by atomic mass is 10.1. The summed E-state index contributed by atoms with van der Waals surface area (Å²) in [6, 6.07) is 13.0. The second-order valence-corrected chi connectivity index (χ2v) is 5.50. The molecule has 0 bridgehead atoms. The lowest BCUT2D eigenvalue weighted by Gasteiger charge is -2.05. The predicted molar refractivity (Wildman–Crippen MR) is 88.0 cm³/mol. The van der Waals surface area contributed by atoms with E-state index >= 15 is 0 Å². The molecule has 0 fully saturated rings. The Morgan fingerprint density at radius 2 is 1.65 bits per heavy atom. The zero-order valence-electron chi connectivity index (χ0n) is 12.1. The van der Waals surface area contributed by atoms with Gasteiger partial charge in [0.1, 0.15) is 11.3 Å². The molecule has 0 aliphatic rings. The van der Waals surface area contributed by atoms with Gasteiger partial charge in [-0.1, -0.05) is 39.9 Å². The third-order valence-electron chi connectivity index (χ3n) is 2.92. The van der Waals surface area contributed by atoms with Crippen LogP contribution in [0.5, 0.6) is 5.75 Å². The first kappa shape index (κ1) is 17.2. The van der Waals surface area contributed by atoms with Crippen molar-refractivity contribution in [2.45, 2.75) is 6.18 Å². The summed E-state index contributed by atoms with van der Waals surface area (Å²) >= 11 is 3.24. The van der Waals surface area contributed by atoms with Crippen molar-refractivity contribution in [3.05, 3.63) is 69.7 Å². The second kappa shape index (κ2) is 7.38. The first-order chi connectivity index (χ1) is 10.9. The van der Waals surface area contributed by atoms with E-state index in [9.17, 15) is 13.2 Å². The molecule has 0 atom stereocenters. The number of ether oxygens (including phenoxy) is 1. The molecule has 0 unspecified atom stereocenters. The van der Waals surface area contributed by atoms with Crippen molar-refractivity contribution in [2.75, 3.05) is 7.11 Å². The largest absolute Gasteiger partial charge is 0.497 e.